The Labute approximate surface area is 137 Å². The maximum absolute atomic E-state index is 12.1. The van der Waals surface area contributed by atoms with Crippen LogP contribution in [0, 0.1) is 17.2 Å². The first kappa shape index (κ1) is 14.4. The molecule has 0 spiro atoms. The molecule has 0 aromatic carbocycles. The van der Waals surface area contributed by atoms with Gasteiger partial charge in [0, 0.05) is 41.6 Å². The largest absolute Gasteiger partial charge is 0.356 e. The first-order chi connectivity index (χ1) is 11.8. The van der Waals surface area contributed by atoms with E-state index in [0.29, 0.717) is 12.2 Å². The maximum atomic E-state index is 12.1. The van der Waals surface area contributed by atoms with Crippen molar-refractivity contribution in [3.8, 4) is 6.07 Å². The Morgan fingerprint density at radius 1 is 1.46 bits per heavy atom. The van der Waals surface area contributed by atoms with Crippen molar-refractivity contribution in [3.05, 3.63) is 24.7 Å². The minimum Gasteiger partial charge on any atom is -0.356 e. The van der Waals surface area contributed by atoms with E-state index in [9.17, 15) is 4.79 Å². The summed E-state index contributed by atoms with van der Waals surface area (Å²) in [5, 5.41) is 21.4. The van der Waals surface area contributed by atoms with Crippen molar-refractivity contribution >= 4 is 33.5 Å². The van der Waals surface area contributed by atoms with Gasteiger partial charge in [-0.1, -0.05) is 0 Å². The van der Waals surface area contributed by atoms with Gasteiger partial charge in [-0.05, 0) is 12.5 Å². The normalized spacial score (nSPS) is 17.3. The molecule has 0 bridgehead atoms. The summed E-state index contributed by atoms with van der Waals surface area (Å²) in [7, 11) is 0. The van der Waals surface area contributed by atoms with Gasteiger partial charge in [-0.25, -0.2) is 9.97 Å². The molecular formula is C16H15N7O. The summed E-state index contributed by atoms with van der Waals surface area (Å²) >= 11 is 0. The van der Waals surface area contributed by atoms with E-state index in [-0.39, 0.29) is 18.4 Å². The van der Waals surface area contributed by atoms with E-state index >= 15 is 0 Å². The smallest absolute Gasteiger partial charge is 0.225 e. The lowest BCUT2D eigenvalue weighted by Gasteiger charge is -2.20. The molecule has 1 fully saturated rings. The van der Waals surface area contributed by atoms with Crippen LogP contribution in [0.15, 0.2) is 24.7 Å². The third kappa shape index (κ3) is 2.31. The lowest BCUT2D eigenvalue weighted by Crippen LogP contribution is -2.33. The molecule has 4 heterocycles. The van der Waals surface area contributed by atoms with Crippen molar-refractivity contribution in [2.24, 2.45) is 5.92 Å². The second kappa shape index (κ2) is 5.77. The van der Waals surface area contributed by atoms with Crippen molar-refractivity contribution < 1.29 is 4.79 Å². The number of carbonyl (C=O) groups is 1. The molecule has 1 unspecified atom stereocenters. The topological polar surface area (TPSA) is 111 Å². The number of pyridine rings is 1. The van der Waals surface area contributed by atoms with Crippen molar-refractivity contribution in [3.63, 3.8) is 0 Å². The molecule has 8 heteroatoms. The molecule has 1 saturated heterocycles. The molecular weight excluding hydrogens is 306 g/mol. The number of nitrogens with one attached hydrogen (secondary N) is 2. The molecule has 24 heavy (non-hydrogen) atoms. The van der Waals surface area contributed by atoms with Gasteiger partial charge in [-0.2, -0.15) is 10.4 Å². The summed E-state index contributed by atoms with van der Waals surface area (Å²) in [4.78, 5) is 22.8. The van der Waals surface area contributed by atoms with Gasteiger partial charge in [0.25, 0.3) is 0 Å². The van der Waals surface area contributed by atoms with E-state index < -0.39 is 0 Å². The number of nitrogens with zero attached hydrogens (tertiary/aromatic N) is 5. The second-order valence-electron chi connectivity index (χ2n) is 5.80. The number of hydrogen-bond donors (Lipinski definition) is 2. The molecule has 120 valence electrons. The summed E-state index contributed by atoms with van der Waals surface area (Å²) in [6, 6.07) is 3.87. The molecule has 3 aromatic rings. The van der Waals surface area contributed by atoms with Crippen molar-refractivity contribution in [1.82, 2.24) is 25.5 Å². The Balaban J connectivity index is 1.69. The minimum absolute atomic E-state index is 0.0444. The molecule has 2 N–H and O–H groups in total. The molecule has 1 amide bonds. The van der Waals surface area contributed by atoms with Crippen LogP contribution in [-0.4, -0.2) is 45.7 Å². The van der Waals surface area contributed by atoms with E-state index in [1.807, 2.05) is 12.1 Å². The van der Waals surface area contributed by atoms with Gasteiger partial charge >= 0.3 is 0 Å². The van der Waals surface area contributed by atoms with Crippen LogP contribution in [0.25, 0.3) is 21.8 Å². The summed E-state index contributed by atoms with van der Waals surface area (Å²) in [5.41, 5.74) is 0.700. The van der Waals surface area contributed by atoms with Crippen molar-refractivity contribution in [2.75, 3.05) is 24.5 Å². The fourth-order valence-corrected chi connectivity index (χ4v) is 3.23. The highest BCUT2D eigenvalue weighted by molar-refractivity contribution is 6.10. The van der Waals surface area contributed by atoms with Gasteiger partial charge in [0.05, 0.1) is 18.2 Å². The predicted octanol–water partition coefficient (Wildman–Crippen LogP) is 0.972. The Hall–Kier alpha value is -3.21. The lowest BCUT2D eigenvalue weighted by molar-refractivity contribution is -0.124. The number of aromatic nitrogens is 4. The Morgan fingerprint density at radius 3 is 3.25 bits per heavy atom. The van der Waals surface area contributed by atoms with Gasteiger partial charge in [-0.15, -0.1) is 0 Å². The van der Waals surface area contributed by atoms with Crippen LogP contribution in [0.2, 0.25) is 0 Å². The van der Waals surface area contributed by atoms with E-state index in [1.165, 1.54) is 0 Å². The standard InChI is InChI=1S/C16H15N7O/c17-3-5-19-16(24)10-2-6-23(9-10)15-13-11(8-21-22-15)7-20-14-12(13)1-4-18-14/h1,4,7-8,10,22H,2,5-6,9H2,(H,19,24). The van der Waals surface area contributed by atoms with E-state index in [0.717, 1.165) is 34.9 Å². The van der Waals surface area contributed by atoms with Crippen molar-refractivity contribution in [2.45, 2.75) is 6.42 Å². The number of rotatable bonds is 3. The molecule has 4 rings (SSSR count). The highest BCUT2D eigenvalue weighted by Crippen LogP contribution is 2.32. The van der Waals surface area contributed by atoms with Crippen LogP contribution in [-0.2, 0) is 4.79 Å². The van der Waals surface area contributed by atoms with Gasteiger partial charge in [0.2, 0.25) is 5.91 Å². The van der Waals surface area contributed by atoms with Crippen LogP contribution in [0.4, 0.5) is 5.82 Å². The summed E-state index contributed by atoms with van der Waals surface area (Å²) in [6.07, 6.45) is 5.99. The van der Waals surface area contributed by atoms with Crippen LogP contribution in [0.5, 0.6) is 0 Å². The number of anilines is 1. The molecule has 0 radical (unpaired) electrons. The quantitative estimate of drug-likeness (QED) is 0.696. The zero-order chi connectivity index (χ0) is 16.5. The average molecular weight is 321 g/mol. The number of nitriles is 1. The van der Waals surface area contributed by atoms with Gasteiger partial charge in [0.1, 0.15) is 12.4 Å². The molecule has 1 aliphatic rings. The molecule has 8 nitrogen and oxygen atoms in total. The van der Waals surface area contributed by atoms with Crippen LogP contribution in [0.1, 0.15) is 6.42 Å². The Morgan fingerprint density at radius 2 is 2.38 bits per heavy atom. The molecule has 0 saturated carbocycles. The lowest BCUT2D eigenvalue weighted by atomic mass is 10.1. The number of aromatic amines is 1. The zero-order valence-electron chi connectivity index (χ0n) is 12.9. The van der Waals surface area contributed by atoms with Gasteiger partial charge < -0.3 is 10.2 Å². The highest BCUT2D eigenvalue weighted by Gasteiger charge is 2.30. The number of amides is 1. The third-order valence-corrected chi connectivity index (χ3v) is 4.39. The fourth-order valence-electron chi connectivity index (χ4n) is 3.23. The zero-order valence-corrected chi connectivity index (χ0v) is 12.9. The highest BCUT2D eigenvalue weighted by atomic mass is 16.1. The summed E-state index contributed by atoms with van der Waals surface area (Å²) in [5.74, 6) is 0.676. The third-order valence-electron chi connectivity index (χ3n) is 4.39. The second-order valence-corrected chi connectivity index (χ2v) is 5.80. The number of fused-ring (bicyclic) bond motifs is 3. The molecule has 1 aliphatic heterocycles. The monoisotopic (exact) mass is 321 g/mol. The van der Waals surface area contributed by atoms with E-state index in [2.05, 4.69) is 30.4 Å². The minimum atomic E-state index is -0.128. The Kier molecular flexibility index (Phi) is 3.46. The number of hydrogen-bond acceptors (Lipinski definition) is 6. The molecule has 0 aliphatic carbocycles. The summed E-state index contributed by atoms with van der Waals surface area (Å²) in [6.45, 7) is 1.38. The molecule has 1 atom stereocenters. The number of carbonyl (C=O) groups excluding carboxylic acids is 1. The number of H-pyrrole nitrogens is 1. The van der Waals surface area contributed by atoms with Crippen molar-refractivity contribution in [1.29, 1.82) is 5.26 Å². The van der Waals surface area contributed by atoms with Crippen LogP contribution in [0.3, 0.4) is 0 Å². The van der Waals surface area contributed by atoms with E-state index in [1.54, 1.807) is 18.6 Å². The average Bonchev–Trinajstić information content (AvgIpc) is 3.28. The van der Waals surface area contributed by atoms with E-state index in [4.69, 9.17) is 5.26 Å². The predicted molar refractivity (Wildman–Crippen MR) is 88.1 cm³/mol. The maximum Gasteiger partial charge on any atom is 0.225 e. The molecule has 3 aromatic heterocycles. The van der Waals surface area contributed by atoms with Gasteiger partial charge in [0.15, 0.2) is 5.65 Å². The first-order valence-electron chi connectivity index (χ1n) is 7.74. The SMILES string of the molecule is N#CCNC(=O)C1CCN(c2[nH]ncc3cnc4nccc4c23)C1. The Bertz CT molecular complexity index is 958. The summed E-state index contributed by atoms with van der Waals surface area (Å²) < 4.78 is 0. The fraction of sp³-hybridized carbons (Fsp3) is 0.312. The van der Waals surface area contributed by atoms with Crippen LogP contribution >= 0.6 is 0 Å². The van der Waals surface area contributed by atoms with Crippen LogP contribution < -0.4 is 10.2 Å². The van der Waals surface area contributed by atoms with Gasteiger partial charge in [-0.3, -0.25) is 9.89 Å². The first-order valence-corrected chi connectivity index (χ1v) is 7.74.